The minimum Gasteiger partial charge on any atom is -0.497 e. The molecule has 1 aliphatic rings. The molecule has 2 aromatic rings. The summed E-state index contributed by atoms with van der Waals surface area (Å²) in [5.41, 5.74) is 3.86. The number of nitrogens with zero attached hydrogens (tertiary/aromatic N) is 1. The summed E-state index contributed by atoms with van der Waals surface area (Å²) in [6.07, 6.45) is -0.765. The quantitative estimate of drug-likeness (QED) is 0.657. The normalized spacial score (nSPS) is 16.0. The van der Waals surface area contributed by atoms with Gasteiger partial charge < -0.3 is 18.9 Å². The van der Waals surface area contributed by atoms with Crippen molar-refractivity contribution in [2.24, 2.45) is 5.10 Å². The predicted molar refractivity (Wildman–Crippen MR) is 96.3 cm³/mol. The molecule has 2 aromatic carbocycles. The first-order valence-electron chi connectivity index (χ1n) is 8.07. The largest absolute Gasteiger partial charge is 0.497 e. The smallest absolute Gasteiger partial charge is 0.284 e. The highest BCUT2D eigenvalue weighted by Crippen LogP contribution is 2.31. The van der Waals surface area contributed by atoms with Crippen molar-refractivity contribution in [1.29, 1.82) is 0 Å². The first-order chi connectivity index (χ1) is 12.6. The zero-order valence-electron chi connectivity index (χ0n) is 14.8. The second-order valence-corrected chi connectivity index (χ2v) is 5.60. The highest BCUT2D eigenvalue weighted by Gasteiger charge is 2.27. The first kappa shape index (κ1) is 17.6. The maximum atomic E-state index is 12.3. The Kier molecular flexibility index (Phi) is 5.26. The van der Waals surface area contributed by atoms with Crippen LogP contribution in [-0.4, -0.2) is 38.5 Å². The SMILES string of the molecule is COc1ccc(C(C)=NNC(=O)C2COc3ccccc3O2)c(OC)c1. The number of hydrogen-bond acceptors (Lipinski definition) is 6. The molecule has 1 amide bonds. The fourth-order valence-corrected chi connectivity index (χ4v) is 2.52. The number of carbonyl (C=O) groups is 1. The summed E-state index contributed by atoms with van der Waals surface area (Å²) in [5, 5.41) is 4.15. The van der Waals surface area contributed by atoms with E-state index in [1.165, 1.54) is 0 Å². The molecular formula is C19H20N2O5. The van der Waals surface area contributed by atoms with Gasteiger partial charge in [0.15, 0.2) is 11.5 Å². The van der Waals surface area contributed by atoms with Crippen LogP contribution >= 0.6 is 0 Å². The zero-order chi connectivity index (χ0) is 18.5. The molecule has 7 heteroatoms. The van der Waals surface area contributed by atoms with Crippen LogP contribution in [0.3, 0.4) is 0 Å². The molecule has 0 aliphatic carbocycles. The van der Waals surface area contributed by atoms with E-state index < -0.39 is 6.10 Å². The van der Waals surface area contributed by atoms with Gasteiger partial charge in [0.05, 0.1) is 19.9 Å². The number of ether oxygens (including phenoxy) is 4. The molecule has 0 fully saturated rings. The number of methoxy groups -OCH3 is 2. The summed E-state index contributed by atoms with van der Waals surface area (Å²) in [7, 11) is 3.15. The van der Waals surface area contributed by atoms with Crippen molar-refractivity contribution in [1.82, 2.24) is 5.43 Å². The predicted octanol–water partition coefficient (Wildman–Crippen LogP) is 2.38. The molecule has 1 atom stereocenters. The molecule has 0 saturated carbocycles. The number of amides is 1. The number of hydrazone groups is 1. The van der Waals surface area contributed by atoms with Gasteiger partial charge in [-0.2, -0.15) is 5.10 Å². The molecule has 1 aliphatic heterocycles. The van der Waals surface area contributed by atoms with Crippen LogP contribution in [0.4, 0.5) is 0 Å². The second kappa shape index (κ2) is 7.77. The molecule has 7 nitrogen and oxygen atoms in total. The van der Waals surface area contributed by atoms with Crippen LogP contribution in [0.25, 0.3) is 0 Å². The highest BCUT2D eigenvalue weighted by atomic mass is 16.6. The van der Waals surface area contributed by atoms with Crippen LogP contribution < -0.4 is 24.4 Å². The number of fused-ring (bicyclic) bond motifs is 1. The lowest BCUT2D eigenvalue weighted by atomic mass is 10.1. The van der Waals surface area contributed by atoms with E-state index in [9.17, 15) is 4.79 Å². The molecule has 26 heavy (non-hydrogen) atoms. The zero-order valence-corrected chi connectivity index (χ0v) is 14.8. The van der Waals surface area contributed by atoms with Gasteiger partial charge in [0.25, 0.3) is 5.91 Å². The van der Waals surface area contributed by atoms with Crippen molar-refractivity contribution in [3.63, 3.8) is 0 Å². The van der Waals surface area contributed by atoms with Crippen molar-refractivity contribution >= 4 is 11.6 Å². The summed E-state index contributed by atoms with van der Waals surface area (Å²) in [6.45, 7) is 1.90. The topological polar surface area (TPSA) is 78.4 Å². The van der Waals surface area contributed by atoms with Gasteiger partial charge >= 0.3 is 0 Å². The van der Waals surface area contributed by atoms with Gasteiger partial charge in [-0.15, -0.1) is 0 Å². The Morgan fingerprint density at radius 3 is 2.65 bits per heavy atom. The Balaban J connectivity index is 1.69. The molecule has 1 heterocycles. The third-order valence-corrected chi connectivity index (χ3v) is 3.93. The van der Waals surface area contributed by atoms with Gasteiger partial charge in [-0.05, 0) is 31.2 Å². The van der Waals surface area contributed by atoms with Crippen molar-refractivity contribution < 1.29 is 23.7 Å². The number of para-hydroxylation sites is 2. The van der Waals surface area contributed by atoms with E-state index in [-0.39, 0.29) is 12.5 Å². The summed E-state index contributed by atoms with van der Waals surface area (Å²) < 4.78 is 21.7. The summed E-state index contributed by atoms with van der Waals surface area (Å²) in [6, 6.07) is 12.6. The van der Waals surface area contributed by atoms with Crippen LogP contribution in [0, 0.1) is 0 Å². The fourth-order valence-electron chi connectivity index (χ4n) is 2.52. The number of benzene rings is 2. The van der Waals surface area contributed by atoms with Crippen LogP contribution in [0.1, 0.15) is 12.5 Å². The van der Waals surface area contributed by atoms with E-state index >= 15 is 0 Å². The molecule has 0 bridgehead atoms. The van der Waals surface area contributed by atoms with Gasteiger partial charge in [0.1, 0.15) is 18.1 Å². The van der Waals surface area contributed by atoms with Crippen molar-refractivity contribution in [2.75, 3.05) is 20.8 Å². The molecule has 3 rings (SSSR count). The Morgan fingerprint density at radius 2 is 1.92 bits per heavy atom. The molecule has 0 spiro atoms. The number of hydrogen-bond donors (Lipinski definition) is 1. The number of rotatable bonds is 5. The lowest BCUT2D eigenvalue weighted by Crippen LogP contribution is -2.42. The minimum atomic E-state index is -0.765. The summed E-state index contributed by atoms with van der Waals surface area (Å²) in [5.74, 6) is 2.06. The molecule has 1 unspecified atom stereocenters. The molecule has 0 radical (unpaired) electrons. The van der Waals surface area contributed by atoms with E-state index in [4.69, 9.17) is 18.9 Å². The van der Waals surface area contributed by atoms with E-state index in [1.54, 1.807) is 45.4 Å². The lowest BCUT2D eigenvalue weighted by Gasteiger charge is -2.24. The lowest BCUT2D eigenvalue weighted by molar-refractivity contribution is -0.130. The highest BCUT2D eigenvalue weighted by molar-refractivity contribution is 6.01. The van der Waals surface area contributed by atoms with Gasteiger partial charge in [0.2, 0.25) is 6.10 Å². The van der Waals surface area contributed by atoms with Crippen molar-refractivity contribution in [3.8, 4) is 23.0 Å². The first-order valence-corrected chi connectivity index (χ1v) is 8.07. The van der Waals surface area contributed by atoms with Gasteiger partial charge in [-0.25, -0.2) is 5.43 Å². The molecular weight excluding hydrogens is 336 g/mol. The van der Waals surface area contributed by atoms with E-state index in [0.717, 1.165) is 5.56 Å². The van der Waals surface area contributed by atoms with E-state index in [0.29, 0.717) is 28.7 Å². The van der Waals surface area contributed by atoms with Crippen LogP contribution in [0.2, 0.25) is 0 Å². The Labute approximate surface area is 151 Å². The summed E-state index contributed by atoms with van der Waals surface area (Å²) >= 11 is 0. The Hall–Kier alpha value is -3.22. The average Bonchev–Trinajstić information content (AvgIpc) is 2.70. The Morgan fingerprint density at radius 1 is 1.15 bits per heavy atom. The standard InChI is InChI=1S/C19H20N2O5/c1-12(14-9-8-13(23-2)10-17(14)24-3)20-21-19(22)18-11-25-15-6-4-5-7-16(15)26-18/h4-10,18H,11H2,1-3H3,(H,21,22). The third kappa shape index (κ3) is 3.72. The van der Waals surface area contributed by atoms with Crippen LogP contribution in [-0.2, 0) is 4.79 Å². The van der Waals surface area contributed by atoms with Crippen molar-refractivity contribution in [2.45, 2.75) is 13.0 Å². The summed E-state index contributed by atoms with van der Waals surface area (Å²) in [4.78, 5) is 12.3. The molecule has 0 aromatic heterocycles. The molecule has 136 valence electrons. The third-order valence-electron chi connectivity index (χ3n) is 3.93. The van der Waals surface area contributed by atoms with E-state index in [1.807, 2.05) is 18.2 Å². The fraction of sp³-hybridized carbons (Fsp3) is 0.263. The van der Waals surface area contributed by atoms with Crippen LogP contribution in [0.15, 0.2) is 47.6 Å². The second-order valence-electron chi connectivity index (χ2n) is 5.60. The minimum absolute atomic E-state index is 0.128. The average molecular weight is 356 g/mol. The maximum Gasteiger partial charge on any atom is 0.284 e. The number of nitrogens with one attached hydrogen (secondary N) is 1. The van der Waals surface area contributed by atoms with Crippen molar-refractivity contribution in [3.05, 3.63) is 48.0 Å². The molecule has 1 N–H and O–H groups in total. The maximum absolute atomic E-state index is 12.3. The van der Waals surface area contributed by atoms with Gasteiger partial charge in [-0.1, -0.05) is 12.1 Å². The number of carbonyl (C=O) groups excluding carboxylic acids is 1. The van der Waals surface area contributed by atoms with Crippen LogP contribution in [0.5, 0.6) is 23.0 Å². The monoisotopic (exact) mass is 356 g/mol. The molecule has 0 saturated heterocycles. The van der Waals surface area contributed by atoms with Gasteiger partial charge in [0, 0.05) is 11.6 Å². The van der Waals surface area contributed by atoms with E-state index in [2.05, 4.69) is 10.5 Å². The van der Waals surface area contributed by atoms with Gasteiger partial charge in [-0.3, -0.25) is 4.79 Å². The Bertz CT molecular complexity index is 834.